The molecule has 0 saturated heterocycles. The number of fused-ring (bicyclic) bond motifs is 1. The third-order valence-electron chi connectivity index (χ3n) is 3.49. The van der Waals surface area contributed by atoms with Gasteiger partial charge < -0.3 is 9.88 Å². The fourth-order valence-electron chi connectivity index (χ4n) is 2.62. The average molecular weight is 273 g/mol. The van der Waals surface area contributed by atoms with E-state index in [1.807, 2.05) is 30.5 Å². The Morgan fingerprint density at radius 3 is 3.21 bits per heavy atom. The third kappa shape index (κ3) is 3.01. The summed E-state index contributed by atoms with van der Waals surface area (Å²) in [6.45, 7) is 3.20. The first-order valence-electron chi connectivity index (χ1n) is 6.76. The molecular weight excluding hydrogens is 254 g/mol. The number of nitrogens with one attached hydrogen (secondary N) is 1. The number of hydrogen-bond donors (Lipinski definition) is 1. The zero-order valence-corrected chi connectivity index (χ0v) is 11.9. The van der Waals surface area contributed by atoms with Gasteiger partial charge in [0.2, 0.25) is 0 Å². The second-order valence-corrected chi connectivity index (χ2v) is 6.19. The van der Waals surface area contributed by atoms with E-state index < -0.39 is 0 Å². The van der Waals surface area contributed by atoms with E-state index in [9.17, 15) is 0 Å². The van der Waals surface area contributed by atoms with Gasteiger partial charge in [0, 0.05) is 35.9 Å². The van der Waals surface area contributed by atoms with E-state index in [0.29, 0.717) is 12.1 Å². The minimum Gasteiger partial charge on any atom is -0.336 e. The molecule has 1 aromatic heterocycles. The van der Waals surface area contributed by atoms with Crippen LogP contribution in [0.4, 0.5) is 0 Å². The highest BCUT2D eigenvalue weighted by molar-refractivity contribution is 7.99. The van der Waals surface area contributed by atoms with Crippen molar-refractivity contribution in [2.75, 3.05) is 5.75 Å². The lowest BCUT2D eigenvalue weighted by Gasteiger charge is -2.29. The van der Waals surface area contributed by atoms with Crippen molar-refractivity contribution in [3.8, 4) is 0 Å². The third-order valence-corrected chi connectivity index (χ3v) is 4.61. The van der Waals surface area contributed by atoms with Crippen molar-refractivity contribution in [1.82, 2.24) is 14.9 Å². The Labute approximate surface area is 118 Å². The van der Waals surface area contributed by atoms with Crippen LogP contribution in [-0.2, 0) is 6.54 Å². The van der Waals surface area contributed by atoms with Gasteiger partial charge in [0.1, 0.15) is 0 Å². The zero-order valence-electron chi connectivity index (χ0n) is 11.1. The summed E-state index contributed by atoms with van der Waals surface area (Å²) in [5, 5.41) is 3.75. The lowest BCUT2D eigenvalue weighted by Crippen LogP contribution is -2.35. The Morgan fingerprint density at radius 2 is 2.37 bits per heavy atom. The summed E-state index contributed by atoms with van der Waals surface area (Å²) in [7, 11) is 0. The van der Waals surface area contributed by atoms with E-state index >= 15 is 0 Å². The van der Waals surface area contributed by atoms with Gasteiger partial charge in [-0.25, -0.2) is 4.98 Å². The van der Waals surface area contributed by atoms with E-state index in [0.717, 1.165) is 6.54 Å². The number of benzene rings is 1. The van der Waals surface area contributed by atoms with Gasteiger partial charge >= 0.3 is 0 Å². The van der Waals surface area contributed by atoms with Gasteiger partial charge in [0.25, 0.3) is 0 Å². The van der Waals surface area contributed by atoms with Crippen LogP contribution in [0.15, 0.2) is 47.9 Å². The number of hydrogen-bond acceptors (Lipinski definition) is 3. The summed E-state index contributed by atoms with van der Waals surface area (Å²) in [4.78, 5) is 5.52. The molecule has 0 bridgehead atoms. The highest BCUT2D eigenvalue weighted by Gasteiger charge is 2.21. The van der Waals surface area contributed by atoms with E-state index in [4.69, 9.17) is 0 Å². The Bertz CT molecular complexity index is 524. The quantitative estimate of drug-likeness (QED) is 0.928. The maximum atomic E-state index is 4.09. The molecule has 1 aromatic carbocycles. The van der Waals surface area contributed by atoms with Crippen LogP contribution in [0.5, 0.6) is 0 Å². The molecule has 2 heterocycles. The summed E-state index contributed by atoms with van der Waals surface area (Å²) >= 11 is 1.97. The Balaban J connectivity index is 1.67. The SMILES string of the molecule is CC(Cn1ccnc1)NC1CCSc2ccccc21. The van der Waals surface area contributed by atoms with E-state index in [1.165, 1.54) is 22.6 Å². The van der Waals surface area contributed by atoms with Crippen molar-refractivity contribution in [2.24, 2.45) is 0 Å². The Kier molecular flexibility index (Phi) is 3.89. The maximum absolute atomic E-state index is 4.09. The van der Waals surface area contributed by atoms with Crippen molar-refractivity contribution in [3.05, 3.63) is 48.5 Å². The first-order valence-corrected chi connectivity index (χ1v) is 7.75. The second kappa shape index (κ2) is 5.80. The van der Waals surface area contributed by atoms with Gasteiger partial charge in [-0.05, 0) is 30.7 Å². The Hall–Kier alpha value is -1.26. The molecule has 0 spiro atoms. The zero-order chi connectivity index (χ0) is 13.1. The highest BCUT2D eigenvalue weighted by atomic mass is 32.2. The predicted molar refractivity (Wildman–Crippen MR) is 79.3 cm³/mol. The first kappa shape index (κ1) is 12.8. The van der Waals surface area contributed by atoms with Crippen LogP contribution in [0.1, 0.15) is 24.9 Å². The Morgan fingerprint density at radius 1 is 1.47 bits per heavy atom. The van der Waals surface area contributed by atoms with Crippen LogP contribution in [-0.4, -0.2) is 21.3 Å². The van der Waals surface area contributed by atoms with Crippen LogP contribution in [0, 0.1) is 0 Å². The summed E-state index contributed by atoms with van der Waals surface area (Å²) < 4.78 is 2.13. The van der Waals surface area contributed by atoms with Crippen molar-refractivity contribution in [3.63, 3.8) is 0 Å². The second-order valence-electron chi connectivity index (χ2n) is 5.05. The number of nitrogens with zero attached hydrogens (tertiary/aromatic N) is 2. The number of imidazole rings is 1. The molecule has 0 amide bonds. The minimum atomic E-state index is 0.440. The molecule has 0 saturated carbocycles. The van der Waals surface area contributed by atoms with Crippen LogP contribution >= 0.6 is 11.8 Å². The fourth-order valence-corrected chi connectivity index (χ4v) is 3.75. The van der Waals surface area contributed by atoms with Gasteiger partial charge in [-0.3, -0.25) is 0 Å². The highest BCUT2D eigenvalue weighted by Crippen LogP contribution is 2.35. The molecule has 0 radical (unpaired) electrons. The lowest BCUT2D eigenvalue weighted by molar-refractivity contribution is 0.402. The summed E-state index contributed by atoms with van der Waals surface area (Å²) in [5.74, 6) is 1.20. The molecule has 3 rings (SSSR count). The van der Waals surface area contributed by atoms with Gasteiger partial charge in [0.15, 0.2) is 0 Å². The van der Waals surface area contributed by atoms with Gasteiger partial charge in [-0.2, -0.15) is 0 Å². The first-order chi connectivity index (χ1) is 9.33. The molecular formula is C15H19N3S. The molecule has 1 aliphatic heterocycles. The molecule has 2 unspecified atom stereocenters. The van der Waals surface area contributed by atoms with E-state index in [1.54, 1.807) is 0 Å². The van der Waals surface area contributed by atoms with Crippen LogP contribution in [0.3, 0.4) is 0 Å². The van der Waals surface area contributed by atoms with Crippen LogP contribution < -0.4 is 5.32 Å². The topological polar surface area (TPSA) is 29.9 Å². The number of rotatable bonds is 4. The van der Waals surface area contributed by atoms with Gasteiger partial charge in [-0.1, -0.05) is 18.2 Å². The lowest BCUT2D eigenvalue weighted by atomic mass is 10.0. The molecule has 19 heavy (non-hydrogen) atoms. The monoisotopic (exact) mass is 273 g/mol. The smallest absolute Gasteiger partial charge is 0.0946 e. The van der Waals surface area contributed by atoms with Crippen molar-refractivity contribution in [1.29, 1.82) is 0 Å². The molecule has 0 fully saturated rings. The molecule has 2 aromatic rings. The number of aromatic nitrogens is 2. The maximum Gasteiger partial charge on any atom is 0.0946 e. The number of thioether (sulfide) groups is 1. The fraction of sp³-hybridized carbons (Fsp3) is 0.400. The summed E-state index contributed by atoms with van der Waals surface area (Å²) in [5.41, 5.74) is 1.45. The molecule has 2 atom stereocenters. The molecule has 100 valence electrons. The molecule has 1 aliphatic rings. The van der Waals surface area contributed by atoms with E-state index in [-0.39, 0.29) is 0 Å². The largest absolute Gasteiger partial charge is 0.336 e. The average Bonchev–Trinajstić information content (AvgIpc) is 2.92. The van der Waals surface area contributed by atoms with Gasteiger partial charge in [-0.15, -0.1) is 11.8 Å². The summed E-state index contributed by atoms with van der Waals surface area (Å²) in [6, 6.07) is 9.67. The normalized spacial score (nSPS) is 19.9. The molecule has 4 heteroatoms. The molecule has 1 N–H and O–H groups in total. The predicted octanol–water partition coefficient (Wildman–Crippen LogP) is 3.10. The molecule has 3 nitrogen and oxygen atoms in total. The summed E-state index contributed by atoms with van der Waals surface area (Å²) in [6.07, 6.45) is 6.93. The van der Waals surface area contributed by atoms with Gasteiger partial charge in [0.05, 0.1) is 6.33 Å². The standard InChI is InChI=1S/C15H19N3S/c1-12(10-18-8-7-16-11-18)17-14-6-9-19-15-5-3-2-4-13(14)15/h2-5,7-8,11-12,14,17H,6,9-10H2,1H3. The van der Waals surface area contributed by atoms with Crippen molar-refractivity contribution < 1.29 is 0 Å². The van der Waals surface area contributed by atoms with Crippen molar-refractivity contribution in [2.45, 2.75) is 36.9 Å². The van der Waals surface area contributed by atoms with Crippen LogP contribution in [0.2, 0.25) is 0 Å². The van der Waals surface area contributed by atoms with E-state index in [2.05, 4.69) is 46.1 Å². The minimum absolute atomic E-state index is 0.440. The molecule has 0 aliphatic carbocycles. The van der Waals surface area contributed by atoms with Crippen LogP contribution in [0.25, 0.3) is 0 Å². The van der Waals surface area contributed by atoms with Crippen molar-refractivity contribution >= 4 is 11.8 Å².